The van der Waals surface area contributed by atoms with Gasteiger partial charge in [0.15, 0.2) is 0 Å². The lowest BCUT2D eigenvalue weighted by atomic mass is 10.1. The van der Waals surface area contributed by atoms with E-state index >= 15 is 0 Å². The third kappa shape index (κ3) is 19.7. The summed E-state index contributed by atoms with van der Waals surface area (Å²) in [4.78, 5) is 23.4. The van der Waals surface area contributed by atoms with Crippen LogP contribution in [0.1, 0.15) is 117 Å². The highest BCUT2D eigenvalue weighted by atomic mass is 16.5. The van der Waals surface area contributed by atoms with Crippen molar-refractivity contribution in [2.45, 2.75) is 123 Å². The number of aliphatic hydroxyl groups is 1. The quantitative estimate of drug-likeness (QED) is 0.209. The van der Waals surface area contributed by atoms with Crippen molar-refractivity contribution in [2.75, 3.05) is 13.2 Å². The maximum atomic E-state index is 11.7. The Morgan fingerprint density at radius 3 is 1.29 bits per heavy atom. The standard InChI is InChI=1S/C23H44O5/c1-3-5-7-9-11-13-15-17-27-22(25)19-21(24)20-23(26)28-18-16-14-12-10-8-6-4-2/h21,24H,3-20H2,1-2H3. The van der Waals surface area contributed by atoms with Gasteiger partial charge in [-0.3, -0.25) is 9.59 Å². The van der Waals surface area contributed by atoms with Gasteiger partial charge in [0.2, 0.25) is 0 Å². The van der Waals surface area contributed by atoms with Crippen LogP contribution in [0.2, 0.25) is 0 Å². The summed E-state index contributed by atoms with van der Waals surface area (Å²) >= 11 is 0. The Kier molecular flexibility index (Phi) is 19.8. The fraction of sp³-hybridized carbons (Fsp3) is 0.913. The van der Waals surface area contributed by atoms with Crippen LogP contribution in [0.4, 0.5) is 0 Å². The van der Waals surface area contributed by atoms with Crippen LogP contribution in [-0.2, 0) is 19.1 Å². The SMILES string of the molecule is CCCCCCCCCOC(=O)CC(O)CC(=O)OCCCCCCCCC. The van der Waals surface area contributed by atoms with Gasteiger partial charge in [0.1, 0.15) is 0 Å². The molecule has 0 aliphatic heterocycles. The van der Waals surface area contributed by atoms with Crippen LogP contribution in [0.3, 0.4) is 0 Å². The predicted molar refractivity (Wildman–Crippen MR) is 113 cm³/mol. The summed E-state index contributed by atoms with van der Waals surface area (Å²) in [5.74, 6) is -0.892. The molecule has 1 N–H and O–H groups in total. The number of aliphatic hydroxyl groups excluding tert-OH is 1. The number of carbonyl (C=O) groups is 2. The van der Waals surface area contributed by atoms with Crippen molar-refractivity contribution in [1.82, 2.24) is 0 Å². The van der Waals surface area contributed by atoms with Crippen molar-refractivity contribution in [3.8, 4) is 0 Å². The van der Waals surface area contributed by atoms with Gasteiger partial charge >= 0.3 is 11.9 Å². The van der Waals surface area contributed by atoms with E-state index in [9.17, 15) is 14.7 Å². The van der Waals surface area contributed by atoms with Crippen LogP contribution >= 0.6 is 0 Å². The van der Waals surface area contributed by atoms with Crippen molar-refractivity contribution in [3.63, 3.8) is 0 Å². The molecule has 28 heavy (non-hydrogen) atoms. The molecule has 0 unspecified atom stereocenters. The topological polar surface area (TPSA) is 72.8 Å². The number of esters is 2. The molecule has 0 rings (SSSR count). The molecule has 0 bridgehead atoms. The van der Waals surface area contributed by atoms with E-state index in [4.69, 9.17) is 9.47 Å². The molecular formula is C23H44O5. The van der Waals surface area contributed by atoms with Gasteiger partial charge in [-0.2, -0.15) is 0 Å². The van der Waals surface area contributed by atoms with Gasteiger partial charge in [0, 0.05) is 0 Å². The van der Waals surface area contributed by atoms with E-state index in [0.29, 0.717) is 13.2 Å². The third-order valence-corrected chi connectivity index (χ3v) is 4.83. The summed E-state index contributed by atoms with van der Waals surface area (Å²) in [5.41, 5.74) is 0. The van der Waals surface area contributed by atoms with Crippen molar-refractivity contribution in [1.29, 1.82) is 0 Å². The van der Waals surface area contributed by atoms with Crippen LogP contribution in [0, 0.1) is 0 Å². The highest BCUT2D eigenvalue weighted by molar-refractivity contribution is 5.73. The van der Waals surface area contributed by atoms with Crippen LogP contribution in [-0.4, -0.2) is 36.4 Å². The Hall–Kier alpha value is -1.10. The lowest BCUT2D eigenvalue weighted by molar-refractivity contribution is -0.149. The largest absolute Gasteiger partial charge is 0.466 e. The first-order valence-corrected chi connectivity index (χ1v) is 11.6. The van der Waals surface area contributed by atoms with Crippen LogP contribution < -0.4 is 0 Å². The molecule has 0 aliphatic rings. The van der Waals surface area contributed by atoms with Crippen LogP contribution in [0.15, 0.2) is 0 Å². The molecule has 5 nitrogen and oxygen atoms in total. The number of ether oxygens (including phenoxy) is 2. The molecule has 0 aliphatic carbocycles. The number of rotatable bonds is 20. The Morgan fingerprint density at radius 2 is 0.929 bits per heavy atom. The molecule has 166 valence electrons. The highest BCUT2D eigenvalue weighted by Gasteiger charge is 2.16. The van der Waals surface area contributed by atoms with E-state index in [1.54, 1.807) is 0 Å². The second-order valence-corrected chi connectivity index (χ2v) is 7.75. The first-order chi connectivity index (χ1) is 13.6. The van der Waals surface area contributed by atoms with Gasteiger partial charge in [-0.15, -0.1) is 0 Å². The summed E-state index contributed by atoms with van der Waals surface area (Å²) in [7, 11) is 0. The van der Waals surface area contributed by atoms with Gasteiger partial charge in [-0.05, 0) is 12.8 Å². The average molecular weight is 401 g/mol. The molecule has 0 amide bonds. The smallest absolute Gasteiger partial charge is 0.308 e. The normalized spacial score (nSPS) is 11.0. The number of unbranched alkanes of at least 4 members (excludes halogenated alkanes) is 12. The first-order valence-electron chi connectivity index (χ1n) is 11.6. The molecule has 0 fully saturated rings. The van der Waals surface area contributed by atoms with E-state index in [1.165, 1.54) is 64.2 Å². The molecule has 0 aromatic carbocycles. The van der Waals surface area contributed by atoms with Gasteiger partial charge in [0.25, 0.3) is 0 Å². The van der Waals surface area contributed by atoms with Crippen LogP contribution in [0.5, 0.6) is 0 Å². The van der Waals surface area contributed by atoms with E-state index in [0.717, 1.165) is 25.7 Å². The lowest BCUT2D eigenvalue weighted by Crippen LogP contribution is -2.21. The zero-order valence-corrected chi connectivity index (χ0v) is 18.4. The molecule has 0 radical (unpaired) electrons. The summed E-state index contributed by atoms with van der Waals surface area (Å²) in [6.45, 7) is 5.18. The monoisotopic (exact) mass is 400 g/mol. The van der Waals surface area contributed by atoms with Crippen molar-refractivity contribution >= 4 is 11.9 Å². The van der Waals surface area contributed by atoms with E-state index in [2.05, 4.69) is 13.8 Å². The Labute approximate surface area is 172 Å². The molecule has 0 spiro atoms. The van der Waals surface area contributed by atoms with Gasteiger partial charge in [0.05, 0.1) is 32.2 Å². The second-order valence-electron chi connectivity index (χ2n) is 7.75. The van der Waals surface area contributed by atoms with E-state index in [-0.39, 0.29) is 12.8 Å². The summed E-state index contributed by atoms with van der Waals surface area (Å²) in [5, 5.41) is 9.83. The number of carbonyl (C=O) groups excluding carboxylic acids is 2. The first kappa shape index (κ1) is 26.9. The predicted octanol–water partition coefficient (Wildman–Crippen LogP) is 5.72. The van der Waals surface area contributed by atoms with Gasteiger partial charge in [-0.25, -0.2) is 0 Å². The van der Waals surface area contributed by atoms with Gasteiger partial charge < -0.3 is 14.6 Å². The van der Waals surface area contributed by atoms with Crippen molar-refractivity contribution < 1.29 is 24.2 Å². The fourth-order valence-electron chi connectivity index (χ4n) is 3.07. The van der Waals surface area contributed by atoms with Gasteiger partial charge in [-0.1, -0.05) is 90.9 Å². The maximum absolute atomic E-state index is 11.7. The zero-order valence-electron chi connectivity index (χ0n) is 18.4. The maximum Gasteiger partial charge on any atom is 0.308 e. The highest BCUT2D eigenvalue weighted by Crippen LogP contribution is 2.09. The molecule has 0 saturated heterocycles. The van der Waals surface area contributed by atoms with Crippen molar-refractivity contribution in [3.05, 3.63) is 0 Å². The average Bonchev–Trinajstić information content (AvgIpc) is 2.65. The molecule has 0 saturated carbocycles. The Bertz CT molecular complexity index is 336. The van der Waals surface area contributed by atoms with Crippen molar-refractivity contribution in [2.24, 2.45) is 0 Å². The minimum Gasteiger partial charge on any atom is -0.466 e. The minimum absolute atomic E-state index is 0.150. The fourth-order valence-corrected chi connectivity index (χ4v) is 3.07. The molecule has 0 atom stereocenters. The Morgan fingerprint density at radius 1 is 0.607 bits per heavy atom. The Balaban J connectivity index is 3.50. The minimum atomic E-state index is -1.02. The zero-order chi connectivity index (χ0) is 20.9. The summed E-state index contributed by atoms with van der Waals surface area (Å²) < 4.78 is 10.2. The number of hydrogen-bond donors (Lipinski definition) is 1. The molecule has 0 heterocycles. The lowest BCUT2D eigenvalue weighted by Gasteiger charge is -2.10. The summed E-state index contributed by atoms with van der Waals surface area (Å²) in [6.07, 6.45) is 14.9. The van der Waals surface area contributed by atoms with E-state index < -0.39 is 18.0 Å². The third-order valence-electron chi connectivity index (χ3n) is 4.83. The van der Waals surface area contributed by atoms with Crippen LogP contribution in [0.25, 0.3) is 0 Å². The molecule has 5 heteroatoms. The molecule has 0 aromatic rings. The molecule has 0 aromatic heterocycles. The second kappa shape index (κ2) is 20.6. The van der Waals surface area contributed by atoms with E-state index in [1.807, 2.05) is 0 Å². The molecular weight excluding hydrogens is 356 g/mol. The number of hydrogen-bond acceptors (Lipinski definition) is 5. The summed E-state index contributed by atoms with van der Waals surface area (Å²) in [6, 6.07) is 0.